The fraction of sp³-hybridized carbons (Fsp3) is 0.290. The van der Waals surface area contributed by atoms with Gasteiger partial charge in [0, 0.05) is 23.5 Å². The average molecular weight is 496 g/mol. The van der Waals surface area contributed by atoms with Crippen LogP contribution in [0.15, 0.2) is 84.9 Å². The molecule has 188 valence electrons. The Morgan fingerprint density at radius 1 is 0.919 bits per heavy atom. The number of rotatable bonds is 5. The molecule has 2 amide bonds. The highest BCUT2D eigenvalue weighted by Gasteiger charge is 2.52. The molecular formula is C31H30FN3O2. The highest BCUT2D eigenvalue weighted by Crippen LogP contribution is 2.40. The number of carbonyl (C=O) groups is 2. The molecule has 1 unspecified atom stereocenters. The van der Waals surface area contributed by atoms with Gasteiger partial charge in [0.05, 0.1) is 6.54 Å². The maximum absolute atomic E-state index is 14.5. The lowest BCUT2D eigenvalue weighted by Gasteiger charge is -2.47. The van der Waals surface area contributed by atoms with Gasteiger partial charge in [-0.15, -0.1) is 0 Å². The second-order valence-electron chi connectivity index (χ2n) is 10.2. The number of amides is 2. The van der Waals surface area contributed by atoms with Crippen LogP contribution >= 0.6 is 0 Å². The number of hydrogen-bond acceptors (Lipinski definition) is 2. The lowest BCUT2D eigenvalue weighted by molar-refractivity contribution is -0.136. The van der Waals surface area contributed by atoms with Crippen molar-refractivity contribution in [3.63, 3.8) is 0 Å². The van der Waals surface area contributed by atoms with E-state index in [2.05, 4.69) is 5.32 Å². The molecule has 1 N–H and O–H groups in total. The van der Waals surface area contributed by atoms with E-state index in [-0.39, 0.29) is 36.8 Å². The first kappa shape index (κ1) is 23.5. The van der Waals surface area contributed by atoms with Crippen LogP contribution in [0, 0.1) is 5.82 Å². The average Bonchev–Trinajstić information content (AvgIpc) is 3.30. The van der Waals surface area contributed by atoms with Crippen LogP contribution < -0.4 is 5.32 Å². The monoisotopic (exact) mass is 495 g/mol. The Hall–Kier alpha value is -3.93. The Morgan fingerprint density at radius 3 is 2.46 bits per heavy atom. The van der Waals surface area contributed by atoms with Crippen molar-refractivity contribution in [3.8, 4) is 0 Å². The molecule has 0 radical (unpaired) electrons. The smallest absolute Gasteiger partial charge is 0.272 e. The highest BCUT2D eigenvalue weighted by molar-refractivity contribution is 6.04. The maximum Gasteiger partial charge on any atom is 0.272 e. The van der Waals surface area contributed by atoms with Gasteiger partial charge in [-0.1, -0.05) is 79.9 Å². The van der Waals surface area contributed by atoms with Crippen LogP contribution in [0.5, 0.6) is 0 Å². The Morgan fingerprint density at radius 2 is 1.68 bits per heavy atom. The molecule has 1 aliphatic heterocycles. The third-order valence-electron chi connectivity index (χ3n) is 7.92. The van der Waals surface area contributed by atoms with E-state index in [4.69, 9.17) is 0 Å². The second kappa shape index (κ2) is 9.51. The number of benzene rings is 3. The van der Waals surface area contributed by atoms with Gasteiger partial charge in [0.25, 0.3) is 11.8 Å². The number of carbonyl (C=O) groups excluding carboxylic acids is 2. The Labute approximate surface area is 215 Å². The molecule has 1 atom stereocenters. The molecule has 5 nitrogen and oxygen atoms in total. The third-order valence-corrected chi connectivity index (χ3v) is 7.92. The van der Waals surface area contributed by atoms with Gasteiger partial charge < -0.3 is 14.8 Å². The van der Waals surface area contributed by atoms with Gasteiger partial charge in [0.15, 0.2) is 5.54 Å². The minimum Gasteiger partial charge on any atom is -0.351 e. The number of fused-ring (bicyclic) bond motifs is 3. The summed E-state index contributed by atoms with van der Waals surface area (Å²) in [4.78, 5) is 30.4. The van der Waals surface area contributed by atoms with Crippen molar-refractivity contribution in [2.45, 2.75) is 56.8 Å². The van der Waals surface area contributed by atoms with Crippen LogP contribution in [0.2, 0.25) is 0 Å². The van der Waals surface area contributed by atoms with Gasteiger partial charge in [0.2, 0.25) is 0 Å². The zero-order chi connectivity index (χ0) is 25.4. The summed E-state index contributed by atoms with van der Waals surface area (Å²) < 4.78 is 16.2. The summed E-state index contributed by atoms with van der Waals surface area (Å²) in [5, 5.41) is 4.28. The van der Waals surface area contributed by atoms with E-state index in [0.29, 0.717) is 11.3 Å². The van der Waals surface area contributed by atoms with Crippen molar-refractivity contribution in [2.75, 3.05) is 0 Å². The van der Waals surface area contributed by atoms with Crippen LogP contribution in [0.3, 0.4) is 0 Å². The number of halogens is 1. The zero-order valence-electron chi connectivity index (χ0n) is 20.7. The van der Waals surface area contributed by atoms with Gasteiger partial charge in [-0.3, -0.25) is 9.59 Å². The molecule has 0 bridgehead atoms. The fourth-order valence-electron chi connectivity index (χ4n) is 6.05. The number of aromatic nitrogens is 1. The van der Waals surface area contributed by atoms with Gasteiger partial charge in [-0.25, -0.2) is 4.39 Å². The number of hydrogen-bond donors (Lipinski definition) is 1. The van der Waals surface area contributed by atoms with Gasteiger partial charge >= 0.3 is 0 Å². The van der Waals surface area contributed by atoms with Gasteiger partial charge in [0.1, 0.15) is 11.5 Å². The summed E-state index contributed by atoms with van der Waals surface area (Å²) >= 11 is 0. The van der Waals surface area contributed by atoms with E-state index in [1.54, 1.807) is 17.0 Å². The van der Waals surface area contributed by atoms with E-state index in [9.17, 15) is 14.0 Å². The van der Waals surface area contributed by atoms with Crippen molar-refractivity contribution in [2.24, 2.45) is 0 Å². The summed E-state index contributed by atoms with van der Waals surface area (Å²) in [5.41, 5.74) is 1.55. The SMILES string of the molecule is O=C1c2cc3ccccc3n2CC(C(=O)NC2CCCCC2)(c2ccccc2)N1Cc1cccc(F)c1. The molecular weight excluding hydrogens is 465 g/mol. The Bertz CT molecular complexity index is 1460. The van der Waals surface area contributed by atoms with E-state index in [1.165, 1.54) is 18.6 Å². The van der Waals surface area contributed by atoms with Crippen LogP contribution in [-0.2, 0) is 23.4 Å². The highest BCUT2D eigenvalue weighted by atomic mass is 19.1. The van der Waals surface area contributed by atoms with Crippen molar-refractivity contribution >= 4 is 22.7 Å². The standard InChI is InChI=1S/C31H30FN3O2/c32-25-14-9-10-22(18-25)20-35-29(36)28-19-23-11-7-8-17-27(23)34(28)21-31(35,24-12-3-1-4-13-24)30(37)33-26-15-5-2-6-16-26/h1,3-4,7-14,17-19,26H,2,5-6,15-16,20-21H2,(H,33,37). The Balaban J connectivity index is 1.54. The number of nitrogens with zero attached hydrogens (tertiary/aromatic N) is 2. The zero-order valence-corrected chi connectivity index (χ0v) is 20.7. The first-order chi connectivity index (χ1) is 18.1. The molecule has 0 saturated heterocycles. The Kier molecular flexibility index (Phi) is 6.03. The number of para-hydroxylation sites is 1. The lowest BCUT2D eigenvalue weighted by Crippen LogP contribution is -2.64. The molecule has 3 aromatic carbocycles. The van der Waals surface area contributed by atoms with Crippen LogP contribution in [0.1, 0.15) is 53.7 Å². The van der Waals surface area contributed by atoms with Crippen molar-refractivity contribution in [3.05, 3.63) is 108 Å². The molecule has 1 aliphatic carbocycles. The fourth-order valence-corrected chi connectivity index (χ4v) is 6.05. The first-order valence-corrected chi connectivity index (χ1v) is 13.1. The predicted molar refractivity (Wildman–Crippen MR) is 141 cm³/mol. The topological polar surface area (TPSA) is 54.3 Å². The van der Waals surface area contributed by atoms with E-state index < -0.39 is 5.54 Å². The maximum atomic E-state index is 14.5. The molecule has 37 heavy (non-hydrogen) atoms. The predicted octanol–water partition coefficient (Wildman–Crippen LogP) is 5.78. The number of nitrogens with one attached hydrogen (secondary N) is 1. The molecule has 1 fully saturated rings. The van der Waals surface area contributed by atoms with Crippen LogP contribution in [0.4, 0.5) is 4.39 Å². The molecule has 2 aliphatic rings. The normalized spacial score (nSPS) is 20.1. The lowest BCUT2D eigenvalue weighted by atomic mass is 9.83. The summed E-state index contributed by atoms with van der Waals surface area (Å²) in [7, 11) is 0. The molecule has 1 aromatic heterocycles. The minimum atomic E-state index is -1.29. The van der Waals surface area contributed by atoms with Crippen molar-refractivity contribution in [1.82, 2.24) is 14.8 Å². The molecule has 0 spiro atoms. The van der Waals surface area contributed by atoms with E-state index in [1.807, 2.05) is 65.2 Å². The van der Waals surface area contributed by atoms with Gasteiger partial charge in [-0.05, 0) is 48.2 Å². The third kappa shape index (κ3) is 4.10. The summed E-state index contributed by atoms with van der Waals surface area (Å²) in [6.07, 6.45) is 5.22. The van der Waals surface area contributed by atoms with Crippen molar-refractivity contribution < 1.29 is 14.0 Å². The second-order valence-corrected chi connectivity index (χ2v) is 10.2. The van der Waals surface area contributed by atoms with Crippen LogP contribution in [0.25, 0.3) is 10.9 Å². The minimum absolute atomic E-state index is 0.0794. The van der Waals surface area contributed by atoms with E-state index in [0.717, 1.165) is 42.1 Å². The summed E-state index contributed by atoms with van der Waals surface area (Å²) in [6, 6.07) is 25.7. The summed E-state index contributed by atoms with van der Waals surface area (Å²) in [5.74, 6) is -0.791. The van der Waals surface area contributed by atoms with Crippen LogP contribution in [-0.4, -0.2) is 27.3 Å². The first-order valence-electron chi connectivity index (χ1n) is 13.1. The molecule has 1 saturated carbocycles. The summed E-state index contributed by atoms with van der Waals surface area (Å²) in [6.45, 7) is 0.393. The van der Waals surface area contributed by atoms with E-state index >= 15 is 0 Å². The van der Waals surface area contributed by atoms with Gasteiger partial charge in [-0.2, -0.15) is 0 Å². The quantitative estimate of drug-likeness (QED) is 0.382. The molecule has 6 heteroatoms. The van der Waals surface area contributed by atoms with Crippen molar-refractivity contribution in [1.29, 1.82) is 0 Å². The molecule has 4 aromatic rings. The largest absolute Gasteiger partial charge is 0.351 e. The molecule has 6 rings (SSSR count). The molecule has 2 heterocycles.